The van der Waals surface area contributed by atoms with Gasteiger partial charge in [0.2, 0.25) is 6.79 Å². The minimum absolute atomic E-state index is 0.255. The van der Waals surface area contributed by atoms with Crippen LogP contribution in [0.2, 0.25) is 0 Å². The molecule has 0 fully saturated rings. The fraction of sp³-hybridized carbons (Fsp3) is 0.133. The van der Waals surface area contributed by atoms with Crippen LogP contribution in [0.15, 0.2) is 42.9 Å². The predicted molar refractivity (Wildman–Crippen MR) is 84.4 cm³/mol. The average molecular weight is 310 g/mol. The largest absolute Gasteiger partial charge is 0.454 e. The summed E-state index contributed by atoms with van der Waals surface area (Å²) < 4.78 is 12.4. The molecule has 0 saturated carbocycles. The quantitative estimate of drug-likeness (QED) is 0.765. The van der Waals surface area contributed by atoms with Gasteiger partial charge in [0, 0.05) is 30.9 Å². The molecule has 0 radical (unpaired) electrons. The maximum Gasteiger partial charge on any atom is 0.231 e. The van der Waals surface area contributed by atoms with Crippen LogP contribution in [0.3, 0.4) is 0 Å². The Bertz CT molecular complexity index is 847. The van der Waals surface area contributed by atoms with Gasteiger partial charge in [-0.25, -0.2) is 9.97 Å². The Morgan fingerprint density at radius 3 is 2.65 bits per heavy atom. The molecule has 2 aromatic heterocycles. The van der Waals surface area contributed by atoms with Gasteiger partial charge < -0.3 is 20.1 Å². The molecule has 1 aliphatic rings. The van der Waals surface area contributed by atoms with Gasteiger partial charge in [0.25, 0.3) is 0 Å². The predicted octanol–water partition coefficient (Wildman–Crippen LogP) is 2.43. The van der Waals surface area contributed by atoms with E-state index in [4.69, 9.17) is 9.47 Å². The first-order chi connectivity index (χ1) is 11.3. The van der Waals surface area contributed by atoms with Crippen LogP contribution in [0.25, 0.3) is 0 Å². The highest BCUT2D eigenvalue weighted by Crippen LogP contribution is 2.35. The van der Waals surface area contributed by atoms with E-state index in [-0.39, 0.29) is 6.79 Å². The first-order valence-electron chi connectivity index (χ1n) is 7.02. The van der Waals surface area contributed by atoms with Crippen LogP contribution in [0, 0.1) is 0 Å². The highest BCUT2D eigenvalue weighted by atomic mass is 16.7. The van der Waals surface area contributed by atoms with E-state index in [0.29, 0.717) is 11.6 Å². The van der Waals surface area contributed by atoms with E-state index in [9.17, 15) is 0 Å². The zero-order chi connectivity index (χ0) is 15.6. The number of hydrogen-bond acceptors (Lipinski definition) is 7. The van der Waals surface area contributed by atoms with Crippen molar-refractivity contribution in [3.63, 3.8) is 0 Å². The number of fused-ring (bicyclic) bond motifs is 1. The molecular formula is C15H14N6O2. The van der Waals surface area contributed by atoms with Crippen LogP contribution in [-0.2, 0) is 7.05 Å². The molecule has 0 amide bonds. The lowest BCUT2D eigenvalue weighted by Crippen LogP contribution is -2.02. The molecule has 0 spiro atoms. The second kappa shape index (κ2) is 5.48. The Balaban J connectivity index is 1.53. The highest BCUT2D eigenvalue weighted by Gasteiger charge is 2.13. The lowest BCUT2D eigenvalue weighted by Gasteiger charge is -2.09. The van der Waals surface area contributed by atoms with Gasteiger partial charge >= 0.3 is 0 Å². The molecule has 116 valence electrons. The van der Waals surface area contributed by atoms with E-state index in [1.54, 1.807) is 10.9 Å². The molecule has 3 heterocycles. The van der Waals surface area contributed by atoms with Crippen LogP contribution in [-0.4, -0.2) is 26.5 Å². The number of nitrogens with one attached hydrogen (secondary N) is 2. The molecule has 0 bridgehead atoms. The molecule has 0 unspecified atom stereocenters. The van der Waals surface area contributed by atoms with E-state index in [1.807, 2.05) is 37.4 Å². The third-order valence-electron chi connectivity index (χ3n) is 3.39. The van der Waals surface area contributed by atoms with E-state index in [2.05, 4.69) is 25.7 Å². The molecule has 4 rings (SSSR count). The van der Waals surface area contributed by atoms with Crippen LogP contribution >= 0.6 is 0 Å². The normalized spacial score (nSPS) is 12.2. The van der Waals surface area contributed by atoms with E-state index in [0.717, 1.165) is 23.0 Å². The lowest BCUT2D eigenvalue weighted by atomic mass is 10.3. The summed E-state index contributed by atoms with van der Waals surface area (Å²) in [5.74, 6) is 3.65. The molecule has 2 N–H and O–H groups in total. The first-order valence-corrected chi connectivity index (χ1v) is 7.02. The van der Waals surface area contributed by atoms with Gasteiger partial charge in [-0.3, -0.25) is 4.68 Å². The number of hydrogen-bond donors (Lipinski definition) is 2. The second-order valence-corrected chi connectivity index (χ2v) is 4.95. The number of anilines is 4. The lowest BCUT2D eigenvalue weighted by molar-refractivity contribution is 0.174. The van der Waals surface area contributed by atoms with Crippen molar-refractivity contribution in [2.24, 2.45) is 7.05 Å². The summed E-state index contributed by atoms with van der Waals surface area (Å²) >= 11 is 0. The molecule has 3 aromatic rings. The maximum absolute atomic E-state index is 5.37. The third kappa shape index (κ3) is 2.73. The fourth-order valence-corrected chi connectivity index (χ4v) is 2.24. The van der Waals surface area contributed by atoms with Crippen molar-refractivity contribution in [1.29, 1.82) is 0 Å². The summed E-state index contributed by atoms with van der Waals surface area (Å²) in [7, 11) is 1.86. The minimum atomic E-state index is 0.255. The van der Waals surface area contributed by atoms with E-state index >= 15 is 0 Å². The molecule has 1 aliphatic heterocycles. The number of aromatic nitrogens is 4. The van der Waals surface area contributed by atoms with Crippen LogP contribution in [0.4, 0.5) is 23.1 Å². The van der Waals surface area contributed by atoms with Crippen LogP contribution in [0.5, 0.6) is 11.5 Å². The summed E-state index contributed by atoms with van der Waals surface area (Å²) in [6, 6.07) is 9.33. The summed E-state index contributed by atoms with van der Waals surface area (Å²) in [6.07, 6.45) is 3.21. The smallest absolute Gasteiger partial charge is 0.231 e. The van der Waals surface area contributed by atoms with Gasteiger partial charge in [0.1, 0.15) is 23.8 Å². The van der Waals surface area contributed by atoms with Crippen molar-refractivity contribution in [1.82, 2.24) is 19.7 Å². The van der Waals surface area contributed by atoms with Crippen LogP contribution in [0.1, 0.15) is 0 Å². The average Bonchev–Trinajstić information content (AvgIpc) is 3.17. The molecule has 23 heavy (non-hydrogen) atoms. The standard InChI is InChI=1S/C15H14N6O2/c1-21-15(4-5-18-21)20-14-7-13(16-8-17-14)19-10-2-3-11-12(6-10)23-9-22-11/h2-8H,9H2,1H3,(H2,16,17,19,20). The van der Waals surface area contributed by atoms with Crippen molar-refractivity contribution in [3.05, 3.63) is 42.9 Å². The Morgan fingerprint density at radius 1 is 1.00 bits per heavy atom. The first kappa shape index (κ1) is 13.4. The summed E-state index contributed by atoms with van der Waals surface area (Å²) in [5, 5.41) is 10.5. The molecule has 0 atom stereocenters. The number of ether oxygens (including phenoxy) is 2. The van der Waals surface area contributed by atoms with E-state index < -0.39 is 0 Å². The SMILES string of the molecule is Cn1nccc1Nc1cc(Nc2ccc3c(c2)OCO3)ncn1. The Hall–Kier alpha value is -3.29. The van der Waals surface area contributed by atoms with E-state index in [1.165, 1.54) is 6.33 Å². The van der Waals surface area contributed by atoms with Gasteiger partial charge in [0.05, 0.1) is 6.20 Å². The number of rotatable bonds is 4. The fourth-order valence-electron chi connectivity index (χ4n) is 2.24. The van der Waals surface area contributed by atoms with Gasteiger partial charge in [-0.15, -0.1) is 0 Å². The van der Waals surface area contributed by atoms with Gasteiger partial charge in [-0.1, -0.05) is 0 Å². The maximum atomic E-state index is 5.37. The van der Waals surface area contributed by atoms with Gasteiger partial charge in [-0.05, 0) is 12.1 Å². The third-order valence-corrected chi connectivity index (χ3v) is 3.39. The van der Waals surface area contributed by atoms with Crippen molar-refractivity contribution in [3.8, 4) is 11.5 Å². The molecule has 0 aliphatic carbocycles. The molecule has 8 heteroatoms. The van der Waals surface area contributed by atoms with Crippen molar-refractivity contribution in [2.75, 3.05) is 17.4 Å². The Labute approximate surface area is 132 Å². The molecule has 0 saturated heterocycles. The van der Waals surface area contributed by atoms with Gasteiger partial charge in [-0.2, -0.15) is 5.10 Å². The summed E-state index contributed by atoms with van der Waals surface area (Å²) in [4.78, 5) is 8.43. The number of nitrogens with zero attached hydrogens (tertiary/aromatic N) is 4. The topological polar surface area (TPSA) is 86.1 Å². The highest BCUT2D eigenvalue weighted by molar-refractivity contribution is 5.64. The summed E-state index contributed by atoms with van der Waals surface area (Å²) in [5.41, 5.74) is 0.861. The van der Waals surface area contributed by atoms with Crippen molar-refractivity contribution >= 4 is 23.1 Å². The Kier molecular flexibility index (Phi) is 3.19. The Morgan fingerprint density at radius 2 is 1.83 bits per heavy atom. The number of benzene rings is 1. The van der Waals surface area contributed by atoms with Gasteiger partial charge in [0.15, 0.2) is 11.5 Å². The summed E-state index contributed by atoms with van der Waals surface area (Å²) in [6.45, 7) is 0.255. The zero-order valence-electron chi connectivity index (χ0n) is 12.4. The van der Waals surface area contributed by atoms with Crippen molar-refractivity contribution < 1.29 is 9.47 Å². The van der Waals surface area contributed by atoms with Crippen molar-refractivity contribution in [2.45, 2.75) is 0 Å². The monoisotopic (exact) mass is 310 g/mol. The molecular weight excluding hydrogens is 296 g/mol. The minimum Gasteiger partial charge on any atom is -0.454 e. The number of aryl methyl sites for hydroxylation is 1. The zero-order valence-corrected chi connectivity index (χ0v) is 12.4. The molecule has 8 nitrogen and oxygen atoms in total. The van der Waals surface area contributed by atoms with Crippen LogP contribution < -0.4 is 20.1 Å². The molecule has 1 aromatic carbocycles. The second-order valence-electron chi connectivity index (χ2n) is 4.95.